The minimum Gasteiger partial charge on any atom is -0.455 e. The molecule has 2 aliphatic carbocycles. The molecule has 0 aliphatic heterocycles. The summed E-state index contributed by atoms with van der Waals surface area (Å²) in [5.74, 6) is 0.326. The quantitative estimate of drug-likeness (QED) is 0.159. The maximum absolute atomic E-state index is 6.65. The lowest BCUT2D eigenvalue weighted by Crippen LogP contribution is -2.17. The Bertz CT molecular complexity index is 3470. The molecule has 10 aromatic rings. The van der Waals surface area contributed by atoms with Gasteiger partial charge in [-0.25, -0.2) is 0 Å². The maximum atomic E-state index is 6.65. The Morgan fingerprint density at radius 2 is 1.16 bits per heavy atom. The monoisotopic (exact) mass is 807 g/mol. The van der Waals surface area contributed by atoms with E-state index in [1.165, 1.54) is 55.5 Å². The van der Waals surface area contributed by atoms with Crippen LogP contribution in [0, 0.1) is 0 Å². The number of rotatable bonds is 7. The molecule has 0 N–H and O–H groups in total. The smallest absolute Gasteiger partial charge is 0.143 e. The number of nitrogens with zero attached hydrogens (tertiary/aromatic N) is 1. The van der Waals surface area contributed by atoms with Gasteiger partial charge in [0.25, 0.3) is 0 Å². The number of fused-ring (bicyclic) bond motifs is 7. The summed E-state index contributed by atoms with van der Waals surface area (Å²) in [6.45, 7) is 4.74. The normalized spacial score (nSPS) is 14.9. The molecule has 0 amide bonds. The average molecular weight is 808 g/mol. The summed E-state index contributed by atoms with van der Waals surface area (Å²) in [7, 11) is 0. The van der Waals surface area contributed by atoms with Crippen molar-refractivity contribution < 1.29 is 4.42 Å². The number of hydrogen-bond acceptors (Lipinski definition) is 2. The highest BCUT2D eigenvalue weighted by Gasteiger charge is 2.36. The molecule has 1 unspecified atom stereocenters. The van der Waals surface area contributed by atoms with Gasteiger partial charge < -0.3 is 9.32 Å². The molecule has 300 valence electrons. The first kappa shape index (κ1) is 37.1. The first-order valence-electron chi connectivity index (χ1n) is 22.1. The van der Waals surface area contributed by atoms with E-state index in [4.69, 9.17) is 4.42 Å². The molecule has 0 saturated heterocycles. The summed E-state index contributed by atoms with van der Waals surface area (Å²) in [6, 6.07) is 71.5. The lowest BCUT2D eigenvalue weighted by molar-refractivity contribution is 0.660. The Balaban J connectivity index is 1.14. The number of furan rings is 1. The third-order valence-electron chi connectivity index (χ3n) is 13.6. The molecular formula is C61H45NO. The van der Waals surface area contributed by atoms with Crippen molar-refractivity contribution in [1.29, 1.82) is 0 Å². The first-order chi connectivity index (χ1) is 31.0. The van der Waals surface area contributed by atoms with Crippen LogP contribution in [0.5, 0.6) is 0 Å². The van der Waals surface area contributed by atoms with E-state index >= 15 is 0 Å². The molecule has 0 fully saturated rings. The summed E-state index contributed by atoms with van der Waals surface area (Å²) in [6.07, 6.45) is 9.94. The SMILES string of the molecule is CC1(C)c2ccccc2-c2ccc(N(c3cccc(-c4ccccc4)c3-c3cccc(C4C=CC=CC4)c3)c3ccc(-c4cccc5c4oc4ccccc45)c4ccccc34)cc21. The van der Waals surface area contributed by atoms with E-state index in [-0.39, 0.29) is 5.41 Å². The Labute approximate surface area is 368 Å². The third-order valence-corrected chi connectivity index (χ3v) is 13.6. The highest BCUT2D eigenvalue weighted by molar-refractivity contribution is 6.14. The summed E-state index contributed by atoms with van der Waals surface area (Å²) < 4.78 is 6.65. The molecule has 0 bridgehead atoms. The van der Waals surface area contributed by atoms with E-state index in [1.54, 1.807) is 0 Å². The fourth-order valence-corrected chi connectivity index (χ4v) is 10.6. The second kappa shape index (κ2) is 14.8. The van der Waals surface area contributed by atoms with Gasteiger partial charge in [0.2, 0.25) is 0 Å². The van der Waals surface area contributed by atoms with Crippen LogP contribution >= 0.6 is 0 Å². The second-order valence-corrected chi connectivity index (χ2v) is 17.5. The minimum absolute atomic E-state index is 0.171. The molecule has 1 aromatic heterocycles. The highest BCUT2D eigenvalue weighted by atomic mass is 16.3. The van der Waals surface area contributed by atoms with Gasteiger partial charge in [-0.15, -0.1) is 0 Å². The summed E-state index contributed by atoms with van der Waals surface area (Å²) in [5.41, 5.74) is 18.7. The zero-order valence-electron chi connectivity index (χ0n) is 35.4. The number of benzene rings is 9. The number of para-hydroxylation sites is 2. The molecular weight excluding hydrogens is 763 g/mol. The molecule has 1 heterocycles. The third kappa shape index (κ3) is 6.01. The second-order valence-electron chi connectivity index (χ2n) is 17.5. The van der Waals surface area contributed by atoms with Gasteiger partial charge in [0, 0.05) is 44.3 Å². The lowest BCUT2D eigenvalue weighted by atomic mass is 9.82. The van der Waals surface area contributed by atoms with Crippen LogP contribution in [0.25, 0.3) is 77.2 Å². The van der Waals surface area contributed by atoms with E-state index < -0.39 is 0 Å². The van der Waals surface area contributed by atoms with E-state index in [1.807, 2.05) is 6.07 Å². The van der Waals surface area contributed by atoms with E-state index in [2.05, 4.69) is 231 Å². The van der Waals surface area contributed by atoms with Crippen LogP contribution in [0.4, 0.5) is 17.1 Å². The van der Waals surface area contributed by atoms with Gasteiger partial charge in [0.05, 0.1) is 11.4 Å². The Morgan fingerprint density at radius 3 is 2.03 bits per heavy atom. The van der Waals surface area contributed by atoms with Crippen molar-refractivity contribution in [2.24, 2.45) is 0 Å². The van der Waals surface area contributed by atoms with Crippen LogP contribution in [0.3, 0.4) is 0 Å². The van der Waals surface area contributed by atoms with E-state index in [0.717, 1.165) is 61.9 Å². The standard InChI is InChI=1S/C61H45NO/c1-61(2)54-31-13-11-25-48(54)49-35-34-44(39-55(49)61)62(56-37-36-47(46-24-9-10-26-50(46)56)52-29-16-30-53-51-27-12-14-33-58(51)63-60(52)53)57-32-17-28-45(41-20-7-4-8-21-41)59(57)43-23-15-22-42(38-43)40-18-5-3-6-19-40/h3-18,20-40H,19H2,1-2H3. The topological polar surface area (TPSA) is 16.4 Å². The summed E-state index contributed by atoms with van der Waals surface area (Å²) in [4.78, 5) is 2.53. The fourth-order valence-electron chi connectivity index (χ4n) is 10.6. The first-order valence-corrected chi connectivity index (χ1v) is 22.1. The number of hydrogen-bond donors (Lipinski definition) is 0. The van der Waals surface area contributed by atoms with Crippen LogP contribution < -0.4 is 4.90 Å². The molecule has 0 saturated carbocycles. The van der Waals surface area contributed by atoms with Gasteiger partial charge in [-0.2, -0.15) is 0 Å². The van der Waals surface area contributed by atoms with Crippen LogP contribution in [-0.4, -0.2) is 0 Å². The Morgan fingerprint density at radius 1 is 0.476 bits per heavy atom. The van der Waals surface area contributed by atoms with Gasteiger partial charge in [-0.05, 0) is 92.2 Å². The fraction of sp³-hybridized carbons (Fsp3) is 0.0820. The van der Waals surface area contributed by atoms with Crippen LogP contribution in [0.2, 0.25) is 0 Å². The van der Waals surface area contributed by atoms with Crippen molar-refractivity contribution in [1.82, 2.24) is 0 Å². The van der Waals surface area contributed by atoms with Crippen LogP contribution in [-0.2, 0) is 5.41 Å². The Hall–Kier alpha value is -7.68. The highest BCUT2D eigenvalue weighted by Crippen LogP contribution is 2.53. The zero-order valence-corrected chi connectivity index (χ0v) is 35.4. The van der Waals surface area contributed by atoms with Crippen molar-refractivity contribution in [3.05, 3.63) is 235 Å². The van der Waals surface area contributed by atoms with Crippen LogP contribution in [0.15, 0.2) is 223 Å². The predicted octanol–water partition coefficient (Wildman–Crippen LogP) is 17.1. The molecule has 9 aromatic carbocycles. The summed E-state index contributed by atoms with van der Waals surface area (Å²) in [5, 5.41) is 4.59. The average Bonchev–Trinajstić information content (AvgIpc) is 3.84. The summed E-state index contributed by atoms with van der Waals surface area (Å²) >= 11 is 0. The largest absolute Gasteiger partial charge is 0.455 e. The van der Waals surface area contributed by atoms with Gasteiger partial charge in [-0.3, -0.25) is 0 Å². The molecule has 2 heteroatoms. The number of allylic oxidation sites excluding steroid dienone is 4. The molecule has 63 heavy (non-hydrogen) atoms. The lowest BCUT2D eigenvalue weighted by Gasteiger charge is -2.32. The molecule has 1 atom stereocenters. The van der Waals surface area contributed by atoms with E-state index in [9.17, 15) is 0 Å². The van der Waals surface area contributed by atoms with Crippen molar-refractivity contribution >= 4 is 49.8 Å². The molecule has 2 nitrogen and oxygen atoms in total. The molecule has 2 aliphatic rings. The van der Waals surface area contributed by atoms with Crippen molar-refractivity contribution in [2.45, 2.75) is 31.6 Å². The van der Waals surface area contributed by atoms with Crippen molar-refractivity contribution in [3.63, 3.8) is 0 Å². The molecule has 0 spiro atoms. The van der Waals surface area contributed by atoms with Crippen LogP contribution in [0.1, 0.15) is 42.9 Å². The molecule has 12 rings (SSSR count). The predicted molar refractivity (Wildman–Crippen MR) is 265 cm³/mol. The number of anilines is 3. The van der Waals surface area contributed by atoms with Crippen molar-refractivity contribution in [3.8, 4) is 44.5 Å². The minimum atomic E-state index is -0.171. The van der Waals surface area contributed by atoms with Gasteiger partial charge in [0.15, 0.2) is 0 Å². The van der Waals surface area contributed by atoms with Gasteiger partial charge in [0.1, 0.15) is 11.2 Å². The van der Waals surface area contributed by atoms with Crippen molar-refractivity contribution in [2.75, 3.05) is 4.90 Å². The zero-order chi connectivity index (χ0) is 42.1. The Kier molecular flexibility index (Phi) is 8.69. The van der Waals surface area contributed by atoms with Gasteiger partial charge >= 0.3 is 0 Å². The van der Waals surface area contributed by atoms with E-state index in [0.29, 0.717) is 5.92 Å². The maximum Gasteiger partial charge on any atom is 0.143 e. The molecule has 0 radical (unpaired) electrons. The van der Waals surface area contributed by atoms with Gasteiger partial charge in [-0.1, -0.05) is 202 Å².